The molecule has 0 N–H and O–H groups in total. The SMILES string of the molecule is Cc1ccc2c(c1)C(N1CCN(CC(=O)c3ccc(F)cc3)CC1)CC2. The predicted octanol–water partition coefficient (Wildman–Crippen LogP) is 3.62. The Balaban J connectivity index is 1.34. The van der Waals surface area contributed by atoms with Crippen LogP contribution in [0.3, 0.4) is 0 Å². The van der Waals surface area contributed by atoms with Gasteiger partial charge in [-0.1, -0.05) is 23.8 Å². The molecule has 26 heavy (non-hydrogen) atoms. The van der Waals surface area contributed by atoms with Crippen molar-refractivity contribution < 1.29 is 9.18 Å². The number of piperazine rings is 1. The van der Waals surface area contributed by atoms with Crippen LogP contribution in [0, 0.1) is 12.7 Å². The first-order chi connectivity index (χ1) is 12.6. The Hall–Kier alpha value is -2.04. The Morgan fingerprint density at radius 3 is 2.54 bits per heavy atom. The lowest BCUT2D eigenvalue weighted by Gasteiger charge is -2.38. The van der Waals surface area contributed by atoms with Crippen molar-refractivity contribution in [3.05, 3.63) is 70.5 Å². The number of aryl methyl sites for hydroxylation is 2. The molecular weight excluding hydrogens is 327 g/mol. The largest absolute Gasteiger partial charge is 0.294 e. The van der Waals surface area contributed by atoms with Crippen molar-refractivity contribution in [2.45, 2.75) is 25.8 Å². The molecule has 0 saturated carbocycles. The quantitative estimate of drug-likeness (QED) is 0.785. The van der Waals surface area contributed by atoms with Crippen molar-refractivity contribution in [3.8, 4) is 0 Å². The van der Waals surface area contributed by atoms with Gasteiger partial charge in [0, 0.05) is 37.8 Å². The van der Waals surface area contributed by atoms with E-state index in [4.69, 9.17) is 0 Å². The van der Waals surface area contributed by atoms with Gasteiger partial charge >= 0.3 is 0 Å². The standard InChI is InChI=1S/C22H25FN2O/c1-16-2-3-17-6-9-21(20(17)14-16)25-12-10-24(11-13-25)15-22(26)18-4-7-19(23)8-5-18/h2-5,7-8,14,21H,6,9-13,15H2,1H3. The van der Waals surface area contributed by atoms with Gasteiger partial charge in [0.25, 0.3) is 0 Å². The fourth-order valence-electron chi connectivity index (χ4n) is 4.24. The normalized spacial score (nSPS) is 20.9. The van der Waals surface area contributed by atoms with Crippen molar-refractivity contribution in [1.82, 2.24) is 9.80 Å². The molecule has 3 nitrogen and oxygen atoms in total. The van der Waals surface area contributed by atoms with Crippen LogP contribution in [0.25, 0.3) is 0 Å². The molecule has 136 valence electrons. The highest BCUT2D eigenvalue weighted by Gasteiger charge is 2.30. The second-order valence-corrected chi connectivity index (χ2v) is 7.50. The molecule has 0 bridgehead atoms. The average Bonchev–Trinajstić information content (AvgIpc) is 3.06. The Kier molecular flexibility index (Phi) is 4.88. The molecule has 1 heterocycles. The lowest BCUT2D eigenvalue weighted by molar-refractivity contribution is 0.0767. The molecule has 2 aliphatic rings. The number of hydrogen-bond acceptors (Lipinski definition) is 3. The number of halogens is 1. The Morgan fingerprint density at radius 2 is 1.81 bits per heavy atom. The van der Waals surface area contributed by atoms with Crippen molar-refractivity contribution in [3.63, 3.8) is 0 Å². The van der Waals surface area contributed by atoms with E-state index in [0.29, 0.717) is 18.2 Å². The van der Waals surface area contributed by atoms with Crippen LogP contribution >= 0.6 is 0 Å². The van der Waals surface area contributed by atoms with Crippen molar-refractivity contribution in [1.29, 1.82) is 0 Å². The Morgan fingerprint density at radius 1 is 1.08 bits per heavy atom. The second-order valence-electron chi connectivity index (χ2n) is 7.50. The highest BCUT2D eigenvalue weighted by Crippen LogP contribution is 2.36. The molecule has 0 aromatic heterocycles. The van der Waals surface area contributed by atoms with Gasteiger partial charge in [0.05, 0.1) is 6.54 Å². The summed E-state index contributed by atoms with van der Waals surface area (Å²) in [4.78, 5) is 17.2. The molecule has 1 aliphatic heterocycles. The van der Waals surface area contributed by atoms with E-state index in [1.54, 1.807) is 12.1 Å². The molecule has 2 aromatic rings. The van der Waals surface area contributed by atoms with Gasteiger partial charge in [-0.2, -0.15) is 0 Å². The maximum atomic E-state index is 13.0. The van der Waals surface area contributed by atoms with Gasteiger partial charge in [-0.15, -0.1) is 0 Å². The minimum atomic E-state index is -0.303. The number of rotatable bonds is 4. The summed E-state index contributed by atoms with van der Waals surface area (Å²) in [7, 11) is 0. The van der Waals surface area contributed by atoms with E-state index in [1.165, 1.54) is 41.7 Å². The molecule has 1 atom stereocenters. The number of benzene rings is 2. The van der Waals surface area contributed by atoms with Crippen molar-refractivity contribution >= 4 is 5.78 Å². The number of carbonyl (C=O) groups is 1. The molecular formula is C22H25FN2O. The predicted molar refractivity (Wildman–Crippen MR) is 101 cm³/mol. The van der Waals surface area contributed by atoms with Crippen molar-refractivity contribution in [2.24, 2.45) is 0 Å². The van der Waals surface area contributed by atoms with Crippen LogP contribution < -0.4 is 0 Å². The van der Waals surface area contributed by atoms with E-state index < -0.39 is 0 Å². The minimum Gasteiger partial charge on any atom is -0.294 e. The van der Waals surface area contributed by atoms with E-state index >= 15 is 0 Å². The van der Waals surface area contributed by atoms with Gasteiger partial charge in [-0.05, 0) is 55.2 Å². The minimum absolute atomic E-state index is 0.0697. The van der Waals surface area contributed by atoms with Crippen LogP contribution in [0.15, 0.2) is 42.5 Å². The number of ketones is 1. The van der Waals surface area contributed by atoms with E-state index in [2.05, 4.69) is 34.9 Å². The number of nitrogens with zero attached hydrogens (tertiary/aromatic N) is 2. The van der Waals surface area contributed by atoms with Gasteiger partial charge in [0.1, 0.15) is 5.82 Å². The van der Waals surface area contributed by atoms with E-state index in [1.807, 2.05) is 0 Å². The topological polar surface area (TPSA) is 23.6 Å². The fraction of sp³-hybridized carbons (Fsp3) is 0.409. The fourth-order valence-corrected chi connectivity index (χ4v) is 4.24. The first kappa shape index (κ1) is 17.4. The van der Waals surface area contributed by atoms with E-state index in [0.717, 1.165) is 26.2 Å². The van der Waals surface area contributed by atoms with E-state index in [-0.39, 0.29) is 11.6 Å². The Labute approximate surface area is 154 Å². The molecule has 1 saturated heterocycles. The third-order valence-electron chi connectivity index (χ3n) is 5.73. The number of carbonyl (C=O) groups excluding carboxylic acids is 1. The highest BCUT2D eigenvalue weighted by molar-refractivity contribution is 5.97. The second kappa shape index (κ2) is 7.29. The third kappa shape index (κ3) is 3.57. The zero-order valence-corrected chi connectivity index (χ0v) is 15.2. The van der Waals surface area contributed by atoms with Gasteiger partial charge in [-0.25, -0.2) is 4.39 Å². The summed E-state index contributed by atoms with van der Waals surface area (Å²) in [6.07, 6.45) is 2.37. The summed E-state index contributed by atoms with van der Waals surface area (Å²) in [5.74, 6) is -0.234. The molecule has 0 amide bonds. The van der Waals surface area contributed by atoms with Gasteiger partial charge < -0.3 is 0 Å². The van der Waals surface area contributed by atoms with Crippen molar-refractivity contribution in [2.75, 3.05) is 32.7 Å². The lowest BCUT2D eigenvalue weighted by atomic mass is 10.0. The summed E-state index contributed by atoms with van der Waals surface area (Å²) in [5.41, 5.74) is 4.92. The zero-order chi connectivity index (χ0) is 18.1. The number of Topliss-reactive ketones (excluding diaryl/α,β-unsaturated/α-hetero) is 1. The summed E-state index contributed by atoms with van der Waals surface area (Å²) in [6, 6.07) is 13.2. The monoisotopic (exact) mass is 352 g/mol. The zero-order valence-electron chi connectivity index (χ0n) is 15.2. The first-order valence-electron chi connectivity index (χ1n) is 9.45. The van der Waals surface area contributed by atoms with Crippen LogP contribution in [-0.2, 0) is 6.42 Å². The highest BCUT2D eigenvalue weighted by atomic mass is 19.1. The van der Waals surface area contributed by atoms with Gasteiger partial charge in [0.2, 0.25) is 0 Å². The van der Waals surface area contributed by atoms with Crippen LogP contribution in [0.5, 0.6) is 0 Å². The summed E-state index contributed by atoms with van der Waals surface area (Å²) < 4.78 is 13.0. The lowest BCUT2D eigenvalue weighted by Crippen LogP contribution is -2.48. The molecule has 1 fully saturated rings. The van der Waals surface area contributed by atoms with E-state index in [9.17, 15) is 9.18 Å². The molecule has 1 aliphatic carbocycles. The smallest absolute Gasteiger partial charge is 0.176 e. The maximum absolute atomic E-state index is 13.0. The summed E-state index contributed by atoms with van der Waals surface area (Å²) in [6.45, 7) is 6.38. The molecule has 4 heteroatoms. The van der Waals surface area contributed by atoms with Crippen LogP contribution in [-0.4, -0.2) is 48.3 Å². The first-order valence-corrected chi connectivity index (χ1v) is 9.45. The molecule has 4 rings (SSSR count). The number of fused-ring (bicyclic) bond motifs is 1. The van der Waals surface area contributed by atoms with Gasteiger partial charge in [-0.3, -0.25) is 14.6 Å². The van der Waals surface area contributed by atoms with Crippen LogP contribution in [0.1, 0.15) is 39.5 Å². The molecule has 0 spiro atoms. The maximum Gasteiger partial charge on any atom is 0.176 e. The average molecular weight is 352 g/mol. The number of hydrogen-bond donors (Lipinski definition) is 0. The molecule has 2 aromatic carbocycles. The summed E-state index contributed by atoms with van der Waals surface area (Å²) >= 11 is 0. The van der Waals surface area contributed by atoms with Crippen LogP contribution in [0.4, 0.5) is 4.39 Å². The van der Waals surface area contributed by atoms with Crippen LogP contribution in [0.2, 0.25) is 0 Å². The summed E-state index contributed by atoms with van der Waals surface area (Å²) in [5, 5.41) is 0. The third-order valence-corrected chi connectivity index (χ3v) is 5.73. The molecule has 0 radical (unpaired) electrons. The van der Waals surface area contributed by atoms with Gasteiger partial charge in [0.15, 0.2) is 5.78 Å². The molecule has 1 unspecified atom stereocenters. The Bertz CT molecular complexity index is 794.